The van der Waals surface area contributed by atoms with Crippen LogP contribution in [0.15, 0.2) is 103 Å². The fourth-order valence-electron chi connectivity index (χ4n) is 6.60. The Hall–Kier alpha value is -5.72. The standard InChI is InChI=1S/C43H49N5O7/c49-40-19-18-37(43(52)45-28-32-12-8-13-33(26-32)29-48-21-24-53-25-22-48)47-42(51)36-15-5-6-16-38(36)54-23-9-20-44-41(50)35-14-4-7-17-39(35)55-30-34(46-40)27-31-10-2-1-3-11-31/h1-8,10-17,26,34,37H,9,18-25,27-30H2,(H,44,50)(H,45,52)(H,46,49)(H,47,51)/t34-,37+/m1/s1. The number of carbonyl (C=O) groups is 4. The van der Waals surface area contributed by atoms with E-state index in [-0.39, 0.29) is 50.0 Å². The van der Waals surface area contributed by atoms with Crippen molar-refractivity contribution in [3.63, 3.8) is 0 Å². The molecule has 6 rings (SSSR count). The van der Waals surface area contributed by atoms with Crippen LogP contribution in [0.25, 0.3) is 0 Å². The number of rotatable bonds is 7. The second-order valence-corrected chi connectivity index (χ2v) is 13.7. The van der Waals surface area contributed by atoms with Crippen molar-refractivity contribution in [2.24, 2.45) is 0 Å². The van der Waals surface area contributed by atoms with E-state index in [0.29, 0.717) is 49.7 Å². The predicted molar refractivity (Wildman–Crippen MR) is 208 cm³/mol. The molecule has 0 aliphatic carbocycles. The third kappa shape index (κ3) is 11.9. The van der Waals surface area contributed by atoms with Crippen LogP contribution in [-0.2, 0) is 33.8 Å². The molecule has 0 radical (unpaired) electrons. The largest absolute Gasteiger partial charge is 0.493 e. The molecule has 4 aromatic carbocycles. The minimum atomic E-state index is -1.01. The normalized spacial score (nSPS) is 19.2. The van der Waals surface area contributed by atoms with Gasteiger partial charge in [0.2, 0.25) is 11.8 Å². The van der Waals surface area contributed by atoms with Crippen LogP contribution in [0.2, 0.25) is 0 Å². The van der Waals surface area contributed by atoms with Gasteiger partial charge >= 0.3 is 0 Å². The summed E-state index contributed by atoms with van der Waals surface area (Å²) < 4.78 is 17.6. The van der Waals surface area contributed by atoms with Gasteiger partial charge in [-0.15, -0.1) is 0 Å². The first kappa shape index (κ1) is 39.0. The van der Waals surface area contributed by atoms with Gasteiger partial charge in [-0.25, -0.2) is 0 Å². The number of nitrogens with zero attached hydrogens (tertiary/aromatic N) is 1. The van der Waals surface area contributed by atoms with Crippen LogP contribution in [-0.4, -0.2) is 86.7 Å². The van der Waals surface area contributed by atoms with Crippen molar-refractivity contribution >= 4 is 23.6 Å². The number of benzene rings is 4. The van der Waals surface area contributed by atoms with E-state index in [1.54, 1.807) is 48.5 Å². The van der Waals surface area contributed by atoms with E-state index >= 15 is 0 Å². The molecular weight excluding hydrogens is 699 g/mol. The van der Waals surface area contributed by atoms with E-state index in [1.807, 2.05) is 42.5 Å². The molecule has 288 valence electrons. The average Bonchev–Trinajstić information content (AvgIpc) is 3.21. The van der Waals surface area contributed by atoms with Crippen LogP contribution in [0.3, 0.4) is 0 Å². The summed E-state index contributed by atoms with van der Waals surface area (Å²) in [6.45, 7) is 4.87. The lowest BCUT2D eigenvalue weighted by Gasteiger charge is -2.26. The molecule has 0 spiro atoms. The third-order valence-electron chi connectivity index (χ3n) is 9.51. The lowest BCUT2D eigenvalue weighted by Crippen LogP contribution is -2.47. The highest BCUT2D eigenvalue weighted by molar-refractivity contribution is 6.00. The summed E-state index contributed by atoms with van der Waals surface area (Å²) in [4.78, 5) is 56.6. The number of hydrogen-bond acceptors (Lipinski definition) is 8. The summed E-state index contributed by atoms with van der Waals surface area (Å²) in [6.07, 6.45) is 0.957. The Balaban J connectivity index is 1.19. The van der Waals surface area contributed by atoms with E-state index in [4.69, 9.17) is 14.2 Å². The van der Waals surface area contributed by atoms with Gasteiger partial charge in [-0.3, -0.25) is 24.1 Å². The van der Waals surface area contributed by atoms with Gasteiger partial charge in [-0.1, -0.05) is 78.9 Å². The van der Waals surface area contributed by atoms with Crippen molar-refractivity contribution in [3.8, 4) is 11.5 Å². The Bertz CT molecular complexity index is 1900. The van der Waals surface area contributed by atoms with Gasteiger partial charge in [-0.05, 0) is 60.2 Å². The van der Waals surface area contributed by atoms with Gasteiger partial charge in [0.15, 0.2) is 0 Å². The van der Waals surface area contributed by atoms with Crippen LogP contribution in [0.1, 0.15) is 56.7 Å². The number of ether oxygens (including phenoxy) is 3. The minimum Gasteiger partial charge on any atom is -0.493 e. The Kier molecular flexibility index (Phi) is 14.2. The van der Waals surface area contributed by atoms with Crippen molar-refractivity contribution in [2.75, 3.05) is 46.1 Å². The second-order valence-electron chi connectivity index (χ2n) is 13.7. The maximum atomic E-state index is 13.8. The maximum Gasteiger partial charge on any atom is 0.255 e. The number of para-hydroxylation sites is 2. The highest BCUT2D eigenvalue weighted by Gasteiger charge is 2.25. The summed E-state index contributed by atoms with van der Waals surface area (Å²) >= 11 is 0. The quantitative estimate of drug-likeness (QED) is 0.222. The lowest BCUT2D eigenvalue weighted by atomic mass is 10.0. The molecule has 1 fully saturated rings. The first-order chi connectivity index (χ1) is 26.9. The van der Waals surface area contributed by atoms with Gasteiger partial charge in [0.05, 0.1) is 37.0 Å². The highest BCUT2D eigenvalue weighted by atomic mass is 16.5. The molecule has 4 N–H and O–H groups in total. The van der Waals surface area contributed by atoms with E-state index in [2.05, 4.69) is 38.3 Å². The van der Waals surface area contributed by atoms with Gasteiger partial charge in [0.25, 0.3) is 11.8 Å². The minimum absolute atomic E-state index is 0.0458. The number of hydrogen-bond donors (Lipinski definition) is 4. The zero-order valence-corrected chi connectivity index (χ0v) is 31.0. The molecule has 0 bridgehead atoms. The van der Waals surface area contributed by atoms with Crippen molar-refractivity contribution in [1.29, 1.82) is 0 Å². The third-order valence-corrected chi connectivity index (χ3v) is 9.51. The number of nitrogens with one attached hydrogen (secondary N) is 4. The highest BCUT2D eigenvalue weighted by Crippen LogP contribution is 2.21. The van der Waals surface area contributed by atoms with Crippen LogP contribution in [0.5, 0.6) is 11.5 Å². The zero-order chi connectivity index (χ0) is 38.2. The molecule has 0 saturated carbocycles. The smallest absolute Gasteiger partial charge is 0.255 e. The molecule has 2 aliphatic heterocycles. The van der Waals surface area contributed by atoms with Crippen molar-refractivity contribution in [3.05, 3.63) is 131 Å². The van der Waals surface area contributed by atoms with Crippen LogP contribution in [0.4, 0.5) is 0 Å². The van der Waals surface area contributed by atoms with Gasteiger partial charge in [0, 0.05) is 39.1 Å². The topological polar surface area (TPSA) is 147 Å². The lowest BCUT2D eigenvalue weighted by molar-refractivity contribution is -0.124. The summed E-state index contributed by atoms with van der Waals surface area (Å²) in [6, 6.07) is 30.1. The van der Waals surface area contributed by atoms with Crippen molar-refractivity contribution in [2.45, 2.75) is 50.9 Å². The second kappa shape index (κ2) is 20.1. The van der Waals surface area contributed by atoms with Crippen molar-refractivity contribution < 1.29 is 33.4 Å². The molecule has 12 heteroatoms. The van der Waals surface area contributed by atoms with E-state index in [9.17, 15) is 19.2 Å². The first-order valence-corrected chi connectivity index (χ1v) is 18.9. The molecule has 2 aliphatic rings. The summed E-state index contributed by atoms with van der Waals surface area (Å²) in [5.74, 6) is -0.764. The monoisotopic (exact) mass is 747 g/mol. The van der Waals surface area contributed by atoms with Gasteiger partial charge < -0.3 is 35.5 Å². The summed E-state index contributed by atoms with van der Waals surface area (Å²) in [5.41, 5.74) is 3.69. The Morgan fingerprint density at radius 2 is 1.40 bits per heavy atom. The molecule has 1 saturated heterocycles. The van der Waals surface area contributed by atoms with Crippen LogP contribution < -0.4 is 30.7 Å². The molecular formula is C43H49N5O7. The van der Waals surface area contributed by atoms with Gasteiger partial charge in [0.1, 0.15) is 24.1 Å². The van der Waals surface area contributed by atoms with Gasteiger partial charge in [-0.2, -0.15) is 0 Å². The summed E-state index contributed by atoms with van der Waals surface area (Å²) in [5, 5.41) is 11.9. The Morgan fingerprint density at radius 1 is 0.727 bits per heavy atom. The van der Waals surface area contributed by atoms with Crippen LogP contribution >= 0.6 is 0 Å². The molecule has 12 nitrogen and oxygen atoms in total. The number of fused-ring (bicyclic) bond motifs is 2. The SMILES string of the molecule is O=C1CC[C@@H](C(=O)NCc2cccc(CN3CCOCC3)c2)NC(=O)c2ccccc2OCCCNC(=O)c2ccccc2OC[C@@H](Cc2ccccc2)N1. The molecule has 0 aromatic heterocycles. The summed E-state index contributed by atoms with van der Waals surface area (Å²) in [7, 11) is 0. The first-order valence-electron chi connectivity index (χ1n) is 18.9. The maximum absolute atomic E-state index is 13.8. The number of morpholine rings is 1. The fraction of sp³-hybridized carbons (Fsp3) is 0.349. The Labute approximate surface area is 321 Å². The zero-order valence-electron chi connectivity index (χ0n) is 31.0. The predicted octanol–water partition coefficient (Wildman–Crippen LogP) is 4.03. The van der Waals surface area contributed by atoms with E-state index in [0.717, 1.165) is 36.3 Å². The number of amides is 4. The fourth-order valence-corrected chi connectivity index (χ4v) is 6.60. The van der Waals surface area contributed by atoms with Crippen LogP contribution in [0, 0.1) is 0 Å². The van der Waals surface area contributed by atoms with Crippen molar-refractivity contribution in [1.82, 2.24) is 26.2 Å². The van der Waals surface area contributed by atoms with E-state index in [1.165, 1.54) is 0 Å². The Morgan fingerprint density at radius 3 is 2.18 bits per heavy atom. The van der Waals surface area contributed by atoms with E-state index < -0.39 is 23.9 Å². The molecule has 4 amide bonds. The number of carbonyl (C=O) groups excluding carboxylic acids is 4. The molecule has 55 heavy (non-hydrogen) atoms. The molecule has 4 aromatic rings. The molecule has 2 atom stereocenters. The average molecular weight is 748 g/mol. The molecule has 2 heterocycles. The molecule has 0 unspecified atom stereocenters.